The Kier molecular flexibility index (Phi) is 6.39. The lowest BCUT2D eigenvalue weighted by Crippen LogP contribution is -2.45. The summed E-state index contributed by atoms with van der Waals surface area (Å²) in [5.74, 6) is -0.892. The van der Waals surface area contributed by atoms with E-state index in [-0.39, 0.29) is 12.5 Å². The van der Waals surface area contributed by atoms with Crippen molar-refractivity contribution in [1.29, 1.82) is 0 Å². The third kappa shape index (κ3) is 5.31. The van der Waals surface area contributed by atoms with Crippen molar-refractivity contribution in [2.45, 2.75) is 18.9 Å². The van der Waals surface area contributed by atoms with E-state index in [0.717, 1.165) is 0 Å². The maximum absolute atomic E-state index is 11.1. The number of methoxy groups -OCH3 is 1. The fraction of sp³-hybridized carbons (Fsp3) is 0.556. The first kappa shape index (κ1) is 12.6. The van der Waals surface area contributed by atoms with Gasteiger partial charge < -0.3 is 15.8 Å². The minimum Gasteiger partial charge on any atom is -0.375 e. The number of rotatable bonds is 7. The van der Waals surface area contributed by atoms with E-state index in [9.17, 15) is 9.59 Å². The molecule has 0 aromatic heterocycles. The van der Waals surface area contributed by atoms with E-state index in [4.69, 9.17) is 5.73 Å². The summed E-state index contributed by atoms with van der Waals surface area (Å²) in [4.78, 5) is 21.9. The molecule has 0 spiro atoms. The van der Waals surface area contributed by atoms with E-state index in [1.807, 2.05) is 0 Å². The topological polar surface area (TPSA) is 81.4 Å². The van der Waals surface area contributed by atoms with Gasteiger partial charge in [-0.05, 0) is 12.8 Å². The minimum atomic E-state index is -0.643. The van der Waals surface area contributed by atoms with Gasteiger partial charge in [0.1, 0.15) is 12.6 Å². The highest BCUT2D eigenvalue weighted by atomic mass is 16.5. The molecular formula is C9H16N2O3. The van der Waals surface area contributed by atoms with Gasteiger partial charge in [0.15, 0.2) is 0 Å². The van der Waals surface area contributed by atoms with Gasteiger partial charge >= 0.3 is 0 Å². The van der Waals surface area contributed by atoms with Crippen LogP contribution in [0.4, 0.5) is 0 Å². The third-order valence-corrected chi connectivity index (χ3v) is 1.61. The minimum absolute atomic E-state index is 0.0716. The summed E-state index contributed by atoms with van der Waals surface area (Å²) in [5.41, 5.74) is 5.09. The maximum atomic E-state index is 11.1. The average Bonchev–Trinajstić information content (AvgIpc) is 2.12. The first-order chi connectivity index (χ1) is 6.61. The largest absolute Gasteiger partial charge is 0.375 e. The molecule has 0 aromatic rings. The zero-order valence-corrected chi connectivity index (χ0v) is 8.29. The molecule has 0 fully saturated rings. The van der Waals surface area contributed by atoms with Crippen molar-refractivity contribution in [3.05, 3.63) is 12.7 Å². The lowest BCUT2D eigenvalue weighted by Gasteiger charge is -2.13. The predicted octanol–water partition coefficient (Wildman–Crippen LogP) is -0.431. The molecule has 0 aromatic carbocycles. The van der Waals surface area contributed by atoms with Gasteiger partial charge in [0, 0.05) is 7.11 Å². The number of ether oxygens (including phenoxy) is 1. The Bertz CT molecular complexity index is 216. The lowest BCUT2D eigenvalue weighted by molar-refractivity contribution is -0.129. The van der Waals surface area contributed by atoms with Crippen molar-refractivity contribution in [3.8, 4) is 0 Å². The van der Waals surface area contributed by atoms with Crippen LogP contribution in [-0.4, -0.2) is 31.6 Å². The van der Waals surface area contributed by atoms with Crippen molar-refractivity contribution in [2.24, 2.45) is 5.73 Å². The molecule has 3 N–H and O–H groups in total. The van der Waals surface area contributed by atoms with Gasteiger partial charge in [-0.1, -0.05) is 6.08 Å². The second kappa shape index (κ2) is 7.08. The summed E-state index contributed by atoms with van der Waals surface area (Å²) in [6.07, 6.45) is 2.76. The molecule has 0 radical (unpaired) electrons. The van der Waals surface area contributed by atoms with E-state index in [1.165, 1.54) is 7.11 Å². The Hall–Kier alpha value is -1.36. The molecule has 14 heavy (non-hydrogen) atoms. The molecular weight excluding hydrogens is 184 g/mol. The Morgan fingerprint density at radius 1 is 1.64 bits per heavy atom. The Morgan fingerprint density at radius 2 is 2.29 bits per heavy atom. The number of amides is 2. The van der Waals surface area contributed by atoms with Crippen LogP contribution in [0.15, 0.2) is 12.7 Å². The van der Waals surface area contributed by atoms with Crippen molar-refractivity contribution >= 4 is 11.8 Å². The number of nitrogens with two attached hydrogens (primary N) is 1. The summed E-state index contributed by atoms with van der Waals surface area (Å²) in [7, 11) is 1.41. The molecule has 0 saturated heterocycles. The quantitative estimate of drug-likeness (QED) is 0.547. The van der Waals surface area contributed by atoms with Crippen molar-refractivity contribution in [3.63, 3.8) is 0 Å². The molecule has 0 aliphatic carbocycles. The van der Waals surface area contributed by atoms with Crippen LogP contribution >= 0.6 is 0 Å². The Labute approximate surface area is 83.3 Å². The molecule has 0 saturated carbocycles. The fourth-order valence-corrected chi connectivity index (χ4v) is 0.937. The summed E-state index contributed by atoms with van der Waals surface area (Å²) in [6.45, 7) is 3.45. The first-order valence-electron chi connectivity index (χ1n) is 4.30. The van der Waals surface area contributed by atoms with Gasteiger partial charge in [-0.15, -0.1) is 6.58 Å². The van der Waals surface area contributed by atoms with E-state index < -0.39 is 11.9 Å². The van der Waals surface area contributed by atoms with Crippen LogP contribution in [-0.2, 0) is 14.3 Å². The van der Waals surface area contributed by atoms with Gasteiger partial charge in [-0.2, -0.15) is 0 Å². The number of allylic oxidation sites excluding steroid dienone is 1. The summed E-state index contributed by atoms with van der Waals surface area (Å²) in [6, 6.07) is -0.643. The first-order valence-corrected chi connectivity index (χ1v) is 4.30. The molecule has 0 rings (SSSR count). The van der Waals surface area contributed by atoms with Crippen molar-refractivity contribution in [1.82, 2.24) is 5.32 Å². The Morgan fingerprint density at radius 3 is 2.71 bits per heavy atom. The highest BCUT2D eigenvalue weighted by molar-refractivity contribution is 5.86. The normalized spacial score (nSPS) is 11.8. The van der Waals surface area contributed by atoms with E-state index in [2.05, 4.69) is 16.6 Å². The molecule has 5 nitrogen and oxygen atoms in total. The number of carbonyl (C=O) groups is 2. The second-order valence-corrected chi connectivity index (χ2v) is 2.82. The summed E-state index contributed by atoms with van der Waals surface area (Å²) < 4.78 is 4.60. The SMILES string of the molecule is C=CCC[C@@H](NC(=O)COC)C(N)=O. The molecule has 80 valence electrons. The number of nitrogens with one attached hydrogen (secondary N) is 1. The lowest BCUT2D eigenvalue weighted by atomic mass is 10.1. The number of hydrogen-bond donors (Lipinski definition) is 2. The van der Waals surface area contributed by atoms with Gasteiger partial charge in [0.25, 0.3) is 0 Å². The van der Waals surface area contributed by atoms with Crippen LogP contribution in [0.3, 0.4) is 0 Å². The highest BCUT2D eigenvalue weighted by Gasteiger charge is 2.16. The monoisotopic (exact) mass is 200 g/mol. The van der Waals surface area contributed by atoms with E-state index in [0.29, 0.717) is 12.8 Å². The second-order valence-electron chi connectivity index (χ2n) is 2.82. The number of carbonyl (C=O) groups excluding carboxylic acids is 2. The van der Waals surface area contributed by atoms with Crippen LogP contribution in [0.1, 0.15) is 12.8 Å². The van der Waals surface area contributed by atoms with Gasteiger partial charge in [0.05, 0.1) is 0 Å². The van der Waals surface area contributed by atoms with Gasteiger partial charge in [-0.3, -0.25) is 9.59 Å². The maximum Gasteiger partial charge on any atom is 0.246 e. The van der Waals surface area contributed by atoms with Crippen LogP contribution < -0.4 is 11.1 Å². The molecule has 0 heterocycles. The molecule has 0 aliphatic heterocycles. The van der Waals surface area contributed by atoms with Crippen molar-refractivity contribution < 1.29 is 14.3 Å². The van der Waals surface area contributed by atoms with Crippen LogP contribution in [0.25, 0.3) is 0 Å². The predicted molar refractivity (Wildman–Crippen MR) is 52.4 cm³/mol. The van der Waals surface area contributed by atoms with Gasteiger partial charge in [-0.25, -0.2) is 0 Å². The third-order valence-electron chi connectivity index (χ3n) is 1.61. The molecule has 1 atom stereocenters. The number of primary amides is 1. The molecule has 0 aliphatic rings. The zero-order valence-electron chi connectivity index (χ0n) is 8.29. The fourth-order valence-electron chi connectivity index (χ4n) is 0.937. The van der Waals surface area contributed by atoms with Crippen LogP contribution in [0.2, 0.25) is 0 Å². The molecule has 0 unspecified atom stereocenters. The average molecular weight is 200 g/mol. The zero-order chi connectivity index (χ0) is 11.0. The Balaban J connectivity index is 4.01. The van der Waals surface area contributed by atoms with Crippen LogP contribution in [0.5, 0.6) is 0 Å². The van der Waals surface area contributed by atoms with E-state index >= 15 is 0 Å². The molecule has 2 amide bonds. The summed E-state index contributed by atoms with van der Waals surface area (Å²) >= 11 is 0. The summed E-state index contributed by atoms with van der Waals surface area (Å²) in [5, 5.41) is 2.47. The molecule has 0 bridgehead atoms. The van der Waals surface area contributed by atoms with Crippen LogP contribution in [0, 0.1) is 0 Å². The van der Waals surface area contributed by atoms with Crippen molar-refractivity contribution in [2.75, 3.05) is 13.7 Å². The number of hydrogen-bond acceptors (Lipinski definition) is 3. The standard InChI is InChI=1S/C9H16N2O3/c1-3-4-5-7(9(10)13)11-8(12)6-14-2/h3,7H,1,4-6H2,2H3,(H2,10,13)(H,11,12)/t7-/m1/s1. The smallest absolute Gasteiger partial charge is 0.246 e. The van der Waals surface area contributed by atoms with E-state index in [1.54, 1.807) is 6.08 Å². The highest BCUT2D eigenvalue weighted by Crippen LogP contribution is 1.97. The van der Waals surface area contributed by atoms with Gasteiger partial charge in [0.2, 0.25) is 11.8 Å². The molecule has 5 heteroatoms.